The summed E-state index contributed by atoms with van der Waals surface area (Å²) >= 11 is 11.2. The van der Waals surface area contributed by atoms with Gasteiger partial charge in [0.05, 0.1) is 17.8 Å². The van der Waals surface area contributed by atoms with Crippen LogP contribution in [0.1, 0.15) is 22.7 Å². The molecule has 8 heteroatoms. The van der Waals surface area contributed by atoms with E-state index in [2.05, 4.69) is 42.8 Å². The summed E-state index contributed by atoms with van der Waals surface area (Å²) in [5.74, 6) is 1.27. The van der Waals surface area contributed by atoms with Gasteiger partial charge in [-0.1, -0.05) is 78.9 Å². The van der Waals surface area contributed by atoms with Gasteiger partial charge in [-0.05, 0) is 47.7 Å². The molecule has 4 aromatic rings. The third kappa shape index (κ3) is 4.39. The molecule has 0 saturated carbocycles. The maximum atomic E-state index is 5.78. The molecule has 1 aliphatic rings. The largest absolute Gasteiger partial charge is 0.316 e. The van der Waals surface area contributed by atoms with Gasteiger partial charge < -0.3 is 15.2 Å². The van der Waals surface area contributed by atoms with Gasteiger partial charge in [0.2, 0.25) is 0 Å². The van der Waals surface area contributed by atoms with Gasteiger partial charge >= 0.3 is 0 Å². The number of hydrogen-bond donors (Lipinski definition) is 3. The summed E-state index contributed by atoms with van der Waals surface area (Å²) in [6.07, 6.45) is 1.76. The molecule has 0 bridgehead atoms. The van der Waals surface area contributed by atoms with Crippen LogP contribution in [0, 0.1) is 4.77 Å². The fourth-order valence-corrected chi connectivity index (χ4v) is 4.36. The van der Waals surface area contributed by atoms with Crippen molar-refractivity contribution in [1.29, 1.82) is 0 Å². The molecule has 0 radical (unpaired) electrons. The summed E-state index contributed by atoms with van der Waals surface area (Å²) in [6.45, 7) is 0. The Bertz CT molecular complexity index is 1350. The predicted molar refractivity (Wildman–Crippen MR) is 141 cm³/mol. The molecule has 0 aliphatic carbocycles. The number of rotatable bonds is 5. The summed E-state index contributed by atoms with van der Waals surface area (Å²) in [5.41, 5.74) is 7.03. The monoisotopic (exact) mass is 468 g/mol. The zero-order chi connectivity index (χ0) is 22.6. The predicted octanol–water partition coefficient (Wildman–Crippen LogP) is 5.89. The molecule has 6 nitrogen and oxygen atoms in total. The van der Waals surface area contributed by atoms with Crippen LogP contribution in [0.15, 0.2) is 96.1 Å². The molecule has 162 valence electrons. The Kier molecular flexibility index (Phi) is 5.93. The van der Waals surface area contributed by atoms with Crippen LogP contribution < -0.4 is 15.6 Å². The van der Waals surface area contributed by atoms with Crippen molar-refractivity contribution in [3.05, 3.63) is 112 Å². The number of anilines is 3. The number of thiocarbonyl (C=S) groups is 1. The molecule has 2 heterocycles. The Hall–Kier alpha value is -3.88. The van der Waals surface area contributed by atoms with Gasteiger partial charge in [-0.25, -0.2) is 4.98 Å². The van der Waals surface area contributed by atoms with Crippen molar-refractivity contribution in [3.8, 4) is 0 Å². The van der Waals surface area contributed by atoms with E-state index in [1.165, 1.54) is 0 Å². The smallest absolute Gasteiger partial charge is 0.200 e. The summed E-state index contributed by atoms with van der Waals surface area (Å²) in [4.78, 5) is 9.80. The van der Waals surface area contributed by atoms with Gasteiger partial charge in [-0.2, -0.15) is 5.10 Å². The zero-order valence-corrected chi connectivity index (χ0v) is 19.1. The lowest BCUT2D eigenvalue weighted by molar-refractivity contribution is 0.815. The molecule has 0 fully saturated rings. The number of hydrazone groups is 1. The Morgan fingerprint density at radius 1 is 0.879 bits per heavy atom. The fourth-order valence-electron chi connectivity index (χ4n) is 3.86. The van der Waals surface area contributed by atoms with Gasteiger partial charge in [-0.3, -0.25) is 5.43 Å². The van der Waals surface area contributed by atoms with Crippen LogP contribution in [0.3, 0.4) is 0 Å². The molecule has 0 spiro atoms. The average Bonchev–Trinajstić information content (AvgIpc) is 2.85. The molecule has 1 unspecified atom stereocenters. The highest BCUT2D eigenvalue weighted by Crippen LogP contribution is 2.42. The Balaban J connectivity index is 1.64. The number of nitrogens with zero attached hydrogens (tertiary/aromatic N) is 3. The normalized spacial score (nSPS) is 15.2. The summed E-state index contributed by atoms with van der Waals surface area (Å²) in [5, 5.41) is 8.26. The van der Waals surface area contributed by atoms with Crippen molar-refractivity contribution in [2.24, 2.45) is 5.10 Å². The van der Waals surface area contributed by atoms with E-state index in [0.717, 1.165) is 22.4 Å². The molecule has 1 atom stereocenters. The lowest BCUT2D eigenvalue weighted by atomic mass is 9.95. The van der Waals surface area contributed by atoms with Crippen LogP contribution in [0.25, 0.3) is 0 Å². The van der Waals surface area contributed by atoms with Crippen LogP contribution in [0.4, 0.5) is 17.3 Å². The highest BCUT2D eigenvalue weighted by molar-refractivity contribution is 7.80. The molecule has 1 aliphatic heterocycles. The van der Waals surface area contributed by atoms with Crippen molar-refractivity contribution in [3.63, 3.8) is 0 Å². The minimum Gasteiger partial charge on any atom is -0.316 e. The zero-order valence-electron chi connectivity index (χ0n) is 17.5. The van der Waals surface area contributed by atoms with Crippen LogP contribution in [-0.2, 0) is 0 Å². The molecule has 0 amide bonds. The van der Waals surface area contributed by atoms with Crippen LogP contribution >= 0.6 is 24.4 Å². The number of H-pyrrole nitrogens is 1. The Morgan fingerprint density at radius 3 is 2.21 bits per heavy atom. The lowest BCUT2D eigenvalue weighted by Crippen LogP contribution is -2.43. The van der Waals surface area contributed by atoms with Gasteiger partial charge in [-0.15, -0.1) is 0 Å². The van der Waals surface area contributed by atoms with Crippen molar-refractivity contribution in [1.82, 2.24) is 9.97 Å². The van der Waals surface area contributed by atoms with Crippen LogP contribution in [0.5, 0.6) is 0 Å². The number of benzene rings is 3. The molecule has 5 rings (SSSR count). The SMILES string of the molecule is S=C1Nc2nc(=S)[nH]c(N/N=C/c3ccccc3)c2C(c2ccccc2)N1c1ccccc1. The number of fused-ring (bicyclic) bond motifs is 1. The van der Waals surface area contributed by atoms with E-state index in [0.29, 0.717) is 21.5 Å². The second kappa shape index (κ2) is 9.32. The first kappa shape index (κ1) is 21.0. The van der Waals surface area contributed by atoms with E-state index in [1.54, 1.807) is 6.21 Å². The van der Waals surface area contributed by atoms with Crippen molar-refractivity contribution in [2.45, 2.75) is 6.04 Å². The quantitative estimate of drug-likeness (QED) is 0.193. The molecule has 3 N–H and O–H groups in total. The standard InChI is InChI=1S/C25H20N6S2/c32-24-27-22-20(23(28-24)30-26-16-17-10-4-1-5-11-17)21(18-12-6-2-7-13-18)31(25(33)29-22)19-14-8-3-9-15-19/h1-16,21H,(H3,27,28,29,30,32,33)/b26-16+. The molecular weight excluding hydrogens is 448 g/mol. The molecular formula is C25H20N6S2. The van der Waals surface area contributed by atoms with Crippen molar-refractivity contribution >= 4 is 53.1 Å². The molecule has 33 heavy (non-hydrogen) atoms. The van der Waals surface area contributed by atoms with E-state index in [9.17, 15) is 0 Å². The van der Waals surface area contributed by atoms with Gasteiger partial charge in [0.1, 0.15) is 11.6 Å². The van der Waals surface area contributed by atoms with E-state index < -0.39 is 0 Å². The van der Waals surface area contributed by atoms with Gasteiger partial charge in [0.25, 0.3) is 0 Å². The van der Waals surface area contributed by atoms with Crippen LogP contribution in [-0.4, -0.2) is 21.3 Å². The Labute approximate surface area is 202 Å². The first-order valence-corrected chi connectivity index (χ1v) is 11.2. The number of aromatic amines is 1. The fraction of sp³-hybridized carbons (Fsp3) is 0.0400. The number of aromatic nitrogens is 2. The van der Waals surface area contributed by atoms with E-state index >= 15 is 0 Å². The molecule has 1 aromatic heterocycles. The van der Waals surface area contributed by atoms with Crippen molar-refractivity contribution in [2.75, 3.05) is 15.6 Å². The first-order valence-electron chi connectivity index (χ1n) is 10.4. The third-order valence-electron chi connectivity index (χ3n) is 5.28. The summed E-state index contributed by atoms with van der Waals surface area (Å²) < 4.78 is 0.335. The van der Waals surface area contributed by atoms with E-state index in [-0.39, 0.29) is 6.04 Å². The van der Waals surface area contributed by atoms with Gasteiger partial charge in [0.15, 0.2) is 9.88 Å². The maximum Gasteiger partial charge on any atom is 0.200 e. The highest BCUT2D eigenvalue weighted by atomic mass is 32.1. The summed E-state index contributed by atoms with van der Waals surface area (Å²) in [7, 11) is 0. The highest BCUT2D eigenvalue weighted by Gasteiger charge is 2.36. The topological polar surface area (TPSA) is 68.3 Å². The maximum absolute atomic E-state index is 5.78. The third-order valence-corrected chi connectivity index (χ3v) is 5.78. The second-order valence-electron chi connectivity index (χ2n) is 7.41. The summed E-state index contributed by atoms with van der Waals surface area (Å²) in [6, 6.07) is 29.9. The number of para-hydroxylation sites is 1. The van der Waals surface area contributed by atoms with Crippen molar-refractivity contribution < 1.29 is 0 Å². The van der Waals surface area contributed by atoms with Crippen LogP contribution in [0.2, 0.25) is 0 Å². The number of hydrogen-bond acceptors (Lipinski definition) is 5. The average molecular weight is 469 g/mol. The molecule has 0 saturated heterocycles. The first-order chi connectivity index (χ1) is 16.2. The lowest BCUT2D eigenvalue weighted by Gasteiger charge is -2.39. The molecule has 3 aromatic carbocycles. The van der Waals surface area contributed by atoms with E-state index in [4.69, 9.17) is 24.4 Å². The Morgan fingerprint density at radius 2 is 1.52 bits per heavy atom. The second-order valence-corrected chi connectivity index (χ2v) is 8.18. The van der Waals surface area contributed by atoms with Gasteiger partial charge in [0, 0.05) is 5.69 Å². The van der Waals surface area contributed by atoms with E-state index in [1.807, 2.05) is 78.9 Å². The minimum absolute atomic E-state index is 0.244. The number of nitrogens with one attached hydrogen (secondary N) is 3. The minimum atomic E-state index is -0.244.